The van der Waals surface area contributed by atoms with Gasteiger partial charge >= 0.3 is 0 Å². The van der Waals surface area contributed by atoms with Gasteiger partial charge in [-0.05, 0) is 38.3 Å². The van der Waals surface area contributed by atoms with E-state index in [-0.39, 0.29) is 17.9 Å². The summed E-state index contributed by atoms with van der Waals surface area (Å²) in [5, 5.41) is 6.64. The van der Waals surface area contributed by atoms with Gasteiger partial charge in [0.1, 0.15) is 0 Å². The molecule has 0 bridgehead atoms. The second-order valence-electron chi connectivity index (χ2n) is 5.37. The molecule has 3 unspecified atom stereocenters. The fourth-order valence-corrected chi connectivity index (χ4v) is 2.78. The Balaban J connectivity index is 2.01. The van der Waals surface area contributed by atoms with Crippen LogP contribution in [0.3, 0.4) is 0 Å². The van der Waals surface area contributed by atoms with Crippen molar-refractivity contribution in [1.29, 1.82) is 0 Å². The van der Waals surface area contributed by atoms with Gasteiger partial charge in [0.05, 0.1) is 5.92 Å². The standard InChI is InChI=1S/C16H24N2O/c1-3-14(13-8-5-4-6-9-13)16(19)18-15-10-7-11-17-12(15)2/h4-6,8-9,12,14-15,17H,3,7,10-11H2,1-2H3,(H,18,19). The predicted molar refractivity (Wildman–Crippen MR) is 78.1 cm³/mol. The zero-order chi connectivity index (χ0) is 13.7. The number of carbonyl (C=O) groups is 1. The summed E-state index contributed by atoms with van der Waals surface area (Å²) < 4.78 is 0. The van der Waals surface area contributed by atoms with Crippen LogP contribution in [0.4, 0.5) is 0 Å². The molecule has 1 aliphatic heterocycles. The van der Waals surface area contributed by atoms with Crippen molar-refractivity contribution < 1.29 is 4.79 Å². The molecule has 1 amide bonds. The van der Waals surface area contributed by atoms with Crippen LogP contribution >= 0.6 is 0 Å². The van der Waals surface area contributed by atoms with Crippen LogP contribution in [0.5, 0.6) is 0 Å². The fourth-order valence-electron chi connectivity index (χ4n) is 2.78. The van der Waals surface area contributed by atoms with E-state index in [4.69, 9.17) is 0 Å². The van der Waals surface area contributed by atoms with E-state index < -0.39 is 0 Å². The molecular formula is C16H24N2O. The summed E-state index contributed by atoms with van der Waals surface area (Å²) in [5.41, 5.74) is 1.11. The minimum Gasteiger partial charge on any atom is -0.351 e. The summed E-state index contributed by atoms with van der Waals surface area (Å²) in [5.74, 6) is 0.129. The van der Waals surface area contributed by atoms with Crippen molar-refractivity contribution in [2.45, 2.75) is 51.1 Å². The molecule has 3 nitrogen and oxygen atoms in total. The maximum atomic E-state index is 12.4. The van der Waals surface area contributed by atoms with Crippen molar-refractivity contribution in [2.75, 3.05) is 6.54 Å². The Morgan fingerprint density at radius 2 is 2.16 bits per heavy atom. The van der Waals surface area contributed by atoms with Crippen molar-refractivity contribution >= 4 is 5.91 Å². The van der Waals surface area contributed by atoms with E-state index in [9.17, 15) is 4.79 Å². The Kier molecular flexibility index (Phi) is 4.97. The smallest absolute Gasteiger partial charge is 0.227 e. The second kappa shape index (κ2) is 6.71. The highest BCUT2D eigenvalue weighted by Crippen LogP contribution is 2.20. The molecule has 0 spiro atoms. The van der Waals surface area contributed by atoms with E-state index in [2.05, 4.69) is 24.5 Å². The molecule has 3 atom stereocenters. The van der Waals surface area contributed by atoms with Gasteiger partial charge in [-0.3, -0.25) is 4.79 Å². The first-order valence-corrected chi connectivity index (χ1v) is 7.31. The first kappa shape index (κ1) is 14.1. The molecule has 1 heterocycles. The number of carbonyl (C=O) groups excluding carboxylic acids is 1. The second-order valence-corrected chi connectivity index (χ2v) is 5.37. The average Bonchev–Trinajstić information content (AvgIpc) is 2.43. The van der Waals surface area contributed by atoms with Crippen LogP contribution < -0.4 is 10.6 Å². The third-order valence-corrected chi connectivity index (χ3v) is 4.02. The normalized spacial score (nSPS) is 24.7. The van der Waals surface area contributed by atoms with Gasteiger partial charge in [-0.25, -0.2) is 0 Å². The minimum atomic E-state index is -0.0321. The van der Waals surface area contributed by atoms with E-state index in [0.717, 1.165) is 31.4 Å². The van der Waals surface area contributed by atoms with Gasteiger partial charge in [0.15, 0.2) is 0 Å². The lowest BCUT2D eigenvalue weighted by molar-refractivity contribution is -0.123. The highest BCUT2D eigenvalue weighted by Gasteiger charge is 2.26. The maximum Gasteiger partial charge on any atom is 0.227 e. The summed E-state index contributed by atoms with van der Waals surface area (Å²) in [7, 11) is 0. The van der Waals surface area contributed by atoms with Crippen molar-refractivity contribution in [2.24, 2.45) is 0 Å². The van der Waals surface area contributed by atoms with Crippen LogP contribution in [-0.2, 0) is 4.79 Å². The van der Waals surface area contributed by atoms with Gasteiger partial charge in [-0.2, -0.15) is 0 Å². The molecule has 0 saturated carbocycles. The van der Waals surface area contributed by atoms with Crippen molar-refractivity contribution in [3.63, 3.8) is 0 Å². The highest BCUT2D eigenvalue weighted by atomic mass is 16.1. The van der Waals surface area contributed by atoms with Crippen LogP contribution in [-0.4, -0.2) is 24.5 Å². The van der Waals surface area contributed by atoms with Gasteiger partial charge in [-0.1, -0.05) is 37.3 Å². The molecule has 1 fully saturated rings. The van der Waals surface area contributed by atoms with Gasteiger partial charge in [0.2, 0.25) is 5.91 Å². The predicted octanol–water partition coefficient (Wildman–Crippen LogP) is 2.44. The van der Waals surface area contributed by atoms with Gasteiger partial charge < -0.3 is 10.6 Å². The summed E-state index contributed by atoms with van der Waals surface area (Å²) in [4.78, 5) is 12.4. The fraction of sp³-hybridized carbons (Fsp3) is 0.562. The third-order valence-electron chi connectivity index (χ3n) is 4.02. The molecule has 104 valence electrons. The first-order chi connectivity index (χ1) is 9.22. The quantitative estimate of drug-likeness (QED) is 0.873. The van der Waals surface area contributed by atoms with Crippen molar-refractivity contribution in [1.82, 2.24) is 10.6 Å². The SMILES string of the molecule is CCC(C(=O)NC1CCCNC1C)c1ccccc1. The number of benzene rings is 1. The van der Waals surface area contributed by atoms with Crippen LogP contribution in [0.2, 0.25) is 0 Å². The molecule has 0 aliphatic carbocycles. The molecule has 2 rings (SSSR count). The van der Waals surface area contributed by atoms with Crippen LogP contribution in [0.1, 0.15) is 44.6 Å². The molecule has 2 N–H and O–H groups in total. The van der Waals surface area contributed by atoms with Crippen molar-refractivity contribution in [3.8, 4) is 0 Å². The molecule has 1 aromatic rings. The number of hydrogen-bond donors (Lipinski definition) is 2. The Morgan fingerprint density at radius 1 is 1.42 bits per heavy atom. The monoisotopic (exact) mass is 260 g/mol. The van der Waals surface area contributed by atoms with Gasteiger partial charge in [-0.15, -0.1) is 0 Å². The topological polar surface area (TPSA) is 41.1 Å². The van der Waals surface area contributed by atoms with E-state index >= 15 is 0 Å². The number of hydrogen-bond acceptors (Lipinski definition) is 2. The Labute approximate surface area is 115 Å². The molecular weight excluding hydrogens is 236 g/mol. The molecule has 1 aromatic carbocycles. The highest BCUT2D eigenvalue weighted by molar-refractivity contribution is 5.83. The van der Waals surface area contributed by atoms with E-state index in [0.29, 0.717) is 6.04 Å². The Morgan fingerprint density at radius 3 is 2.79 bits per heavy atom. The summed E-state index contributed by atoms with van der Waals surface area (Å²) >= 11 is 0. The van der Waals surface area contributed by atoms with Crippen LogP contribution in [0.15, 0.2) is 30.3 Å². The zero-order valence-corrected chi connectivity index (χ0v) is 11.9. The van der Waals surface area contributed by atoms with Crippen molar-refractivity contribution in [3.05, 3.63) is 35.9 Å². The number of rotatable bonds is 4. The third kappa shape index (κ3) is 3.57. The lowest BCUT2D eigenvalue weighted by Crippen LogP contribution is -2.52. The van der Waals surface area contributed by atoms with E-state index in [1.807, 2.05) is 30.3 Å². The average molecular weight is 260 g/mol. The van der Waals surface area contributed by atoms with Crippen LogP contribution in [0, 0.1) is 0 Å². The first-order valence-electron chi connectivity index (χ1n) is 7.31. The Bertz CT molecular complexity index is 404. The molecule has 1 saturated heterocycles. The number of nitrogens with one attached hydrogen (secondary N) is 2. The molecule has 3 heteroatoms. The summed E-state index contributed by atoms with van der Waals surface area (Å²) in [6, 6.07) is 10.7. The molecule has 0 aromatic heterocycles. The maximum absolute atomic E-state index is 12.4. The molecule has 0 radical (unpaired) electrons. The van der Waals surface area contributed by atoms with E-state index in [1.165, 1.54) is 0 Å². The van der Waals surface area contributed by atoms with E-state index in [1.54, 1.807) is 0 Å². The zero-order valence-electron chi connectivity index (χ0n) is 11.9. The lowest BCUT2D eigenvalue weighted by Gasteiger charge is -2.31. The number of piperidine rings is 1. The largest absolute Gasteiger partial charge is 0.351 e. The van der Waals surface area contributed by atoms with Gasteiger partial charge in [0, 0.05) is 12.1 Å². The molecule has 1 aliphatic rings. The minimum absolute atomic E-state index is 0.0321. The van der Waals surface area contributed by atoms with Gasteiger partial charge in [0.25, 0.3) is 0 Å². The Hall–Kier alpha value is -1.35. The summed E-state index contributed by atoms with van der Waals surface area (Å²) in [6.07, 6.45) is 3.05. The van der Waals surface area contributed by atoms with Crippen LogP contribution in [0.25, 0.3) is 0 Å². The summed E-state index contributed by atoms with van der Waals surface area (Å²) in [6.45, 7) is 5.27. The molecule has 19 heavy (non-hydrogen) atoms. The lowest BCUT2D eigenvalue weighted by atomic mass is 9.93. The number of amides is 1.